The summed E-state index contributed by atoms with van der Waals surface area (Å²) in [5, 5.41) is 0. The molecule has 0 aliphatic heterocycles. The van der Waals surface area contributed by atoms with Gasteiger partial charge in [0, 0.05) is 18.4 Å². The lowest BCUT2D eigenvalue weighted by molar-refractivity contribution is 0.415. The molecule has 0 fully saturated rings. The van der Waals surface area contributed by atoms with Gasteiger partial charge in [-0.15, -0.1) is 0 Å². The summed E-state index contributed by atoms with van der Waals surface area (Å²) in [4.78, 5) is 6.35. The molecule has 0 amide bonds. The summed E-state index contributed by atoms with van der Waals surface area (Å²) in [6.07, 6.45) is 3.65. The molecule has 0 saturated carbocycles. The zero-order valence-corrected chi connectivity index (χ0v) is 10.1. The molecule has 1 aromatic carbocycles. The number of ether oxygens (including phenoxy) is 1. The van der Waals surface area contributed by atoms with Crippen LogP contribution in [0.4, 0.5) is 11.4 Å². The number of rotatable bonds is 4. The molecule has 17 heavy (non-hydrogen) atoms. The van der Waals surface area contributed by atoms with Crippen molar-refractivity contribution in [1.82, 2.24) is 4.98 Å². The third-order valence-electron chi connectivity index (χ3n) is 2.66. The van der Waals surface area contributed by atoms with Crippen LogP contribution in [0.25, 0.3) is 0 Å². The molecule has 1 aromatic heterocycles. The van der Waals surface area contributed by atoms with Gasteiger partial charge in [0.2, 0.25) is 0 Å². The molecule has 0 unspecified atom stereocenters. The van der Waals surface area contributed by atoms with Gasteiger partial charge in [0.25, 0.3) is 0 Å². The molecule has 1 heterocycles. The highest BCUT2D eigenvalue weighted by Gasteiger charge is 2.06. The second-order valence-corrected chi connectivity index (χ2v) is 3.65. The predicted octanol–water partition coefficient (Wildman–Crippen LogP) is 3.25. The average Bonchev–Trinajstić information content (AvgIpc) is 2.42. The minimum Gasteiger partial charge on any atom is -0.497 e. The Kier molecular flexibility index (Phi) is 3.60. The predicted molar refractivity (Wildman–Crippen MR) is 69.9 cm³/mol. The van der Waals surface area contributed by atoms with Crippen molar-refractivity contribution in [2.45, 2.75) is 6.92 Å². The van der Waals surface area contributed by atoms with Crippen LogP contribution in [0.1, 0.15) is 6.92 Å². The van der Waals surface area contributed by atoms with E-state index in [1.807, 2.05) is 24.4 Å². The summed E-state index contributed by atoms with van der Waals surface area (Å²) in [7, 11) is 1.67. The molecular formula is C14H16N2O. The van der Waals surface area contributed by atoms with Crippen LogP contribution in [0.5, 0.6) is 5.75 Å². The van der Waals surface area contributed by atoms with Crippen LogP contribution in [0.2, 0.25) is 0 Å². The quantitative estimate of drug-likeness (QED) is 0.803. The van der Waals surface area contributed by atoms with E-state index in [4.69, 9.17) is 4.74 Å². The fourth-order valence-corrected chi connectivity index (χ4v) is 1.79. The zero-order valence-electron chi connectivity index (χ0n) is 10.1. The van der Waals surface area contributed by atoms with Crippen LogP contribution in [0.3, 0.4) is 0 Å². The lowest BCUT2D eigenvalue weighted by Gasteiger charge is -2.22. The summed E-state index contributed by atoms with van der Waals surface area (Å²) in [5.74, 6) is 0.871. The fourth-order valence-electron chi connectivity index (χ4n) is 1.79. The molecule has 2 aromatic rings. The van der Waals surface area contributed by atoms with Gasteiger partial charge < -0.3 is 9.64 Å². The van der Waals surface area contributed by atoms with E-state index < -0.39 is 0 Å². The molecule has 0 aliphatic carbocycles. The Morgan fingerprint density at radius 3 is 2.41 bits per heavy atom. The number of benzene rings is 1. The molecule has 0 saturated heterocycles. The largest absolute Gasteiger partial charge is 0.497 e. The lowest BCUT2D eigenvalue weighted by atomic mass is 10.2. The van der Waals surface area contributed by atoms with Gasteiger partial charge in [-0.05, 0) is 43.3 Å². The number of hydrogen-bond acceptors (Lipinski definition) is 3. The van der Waals surface area contributed by atoms with Gasteiger partial charge in [-0.25, -0.2) is 0 Å². The van der Waals surface area contributed by atoms with Crippen LogP contribution in [0.15, 0.2) is 48.8 Å². The van der Waals surface area contributed by atoms with Crippen molar-refractivity contribution < 1.29 is 4.74 Å². The summed E-state index contributed by atoms with van der Waals surface area (Å²) in [5.41, 5.74) is 2.24. The van der Waals surface area contributed by atoms with Gasteiger partial charge >= 0.3 is 0 Å². The van der Waals surface area contributed by atoms with Crippen molar-refractivity contribution in [2.75, 3.05) is 18.6 Å². The number of methoxy groups -OCH3 is 1. The van der Waals surface area contributed by atoms with Gasteiger partial charge in [-0.2, -0.15) is 0 Å². The standard InChI is InChI=1S/C14H16N2O/c1-3-16(13-5-4-10-15-11-13)12-6-8-14(17-2)9-7-12/h4-11H,3H2,1-2H3. The minimum atomic E-state index is 0.871. The Bertz CT molecular complexity index is 453. The van der Waals surface area contributed by atoms with Crippen molar-refractivity contribution in [1.29, 1.82) is 0 Å². The summed E-state index contributed by atoms with van der Waals surface area (Å²) < 4.78 is 5.16. The van der Waals surface area contributed by atoms with E-state index in [2.05, 4.69) is 35.0 Å². The molecule has 0 spiro atoms. The number of aromatic nitrogens is 1. The van der Waals surface area contributed by atoms with Crippen LogP contribution in [-0.4, -0.2) is 18.6 Å². The lowest BCUT2D eigenvalue weighted by Crippen LogP contribution is -2.15. The Morgan fingerprint density at radius 2 is 1.88 bits per heavy atom. The van der Waals surface area contributed by atoms with E-state index in [1.54, 1.807) is 13.3 Å². The minimum absolute atomic E-state index is 0.871. The third kappa shape index (κ3) is 2.56. The van der Waals surface area contributed by atoms with Gasteiger partial charge in [0.1, 0.15) is 5.75 Å². The van der Waals surface area contributed by atoms with E-state index in [0.717, 1.165) is 23.7 Å². The molecule has 0 radical (unpaired) electrons. The number of nitrogens with zero attached hydrogens (tertiary/aromatic N) is 2. The molecular weight excluding hydrogens is 212 g/mol. The molecule has 0 aliphatic rings. The Morgan fingerprint density at radius 1 is 1.12 bits per heavy atom. The Balaban J connectivity index is 2.29. The fraction of sp³-hybridized carbons (Fsp3) is 0.214. The number of hydrogen-bond donors (Lipinski definition) is 0. The molecule has 0 atom stereocenters. The topological polar surface area (TPSA) is 25.4 Å². The molecule has 3 heteroatoms. The molecule has 2 rings (SSSR count). The maximum Gasteiger partial charge on any atom is 0.119 e. The maximum absolute atomic E-state index is 5.16. The van der Waals surface area contributed by atoms with Gasteiger partial charge in [-0.1, -0.05) is 0 Å². The second-order valence-electron chi connectivity index (χ2n) is 3.65. The highest BCUT2D eigenvalue weighted by molar-refractivity contribution is 5.62. The first-order chi connectivity index (χ1) is 8.35. The second kappa shape index (κ2) is 5.34. The highest BCUT2D eigenvalue weighted by atomic mass is 16.5. The van der Waals surface area contributed by atoms with Crippen LogP contribution >= 0.6 is 0 Å². The average molecular weight is 228 g/mol. The van der Waals surface area contributed by atoms with Crippen molar-refractivity contribution in [3.8, 4) is 5.75 Å². The number of anilines is 2. The SMILES string of the molecule is CCN(c1ccc(OC)cc1)c1cccnc1. The molecule has 0 N–H and O–H groups in total. The molecule has 88 valence electrons. The number of pyridine rings is 1. The first kappa shape index (κ1) is 11.5. The van der Waals surface area contributed by atoms with E-state index in [0.29, 0.717) is 0 Å². The van der Waals surface area contributed by atoms with Gasteiger partial charge in [0.05, 0.1) is 19.0 Å². The smallest absolute Gasteiger partial charge is 0.119 e. The first-order valence-electron chi connectivity index (χ1n) is 5.66. The van der Waals surface area contributed by atoms with E-state index in [-0.39, 0.29) is 0 Å². The summed E-state index contributed by atoms with van der Waals surface area (Å²) in [6, 6.07) is 12.0. The Hall–Kier alpha value is -2.03. The molecule has 3 nitrogen and oxygen atoms in total. The third-order valence-corrected chi connectivity index (χ3v) is 2.66. The van der Waals surface area contributed by atoms with Gasteiger partial charge in [0.15, 0.2) is 0 Å². The van der Waals surface area contributed by atoms with Crippen molar-refractivity contribution >= 4 is 11.4 Å². The van der Waals surface area contributed by atoms with Crippen molar-refractivity contribution in [3.63, 3.8) is 0 Å². The zero-order chi connectivity index (χ0) is 12.1. The van der Waals surface area contributed by atoms with Gasteiger partial charge in [-0.3, -0.25) is 4.98 Å². The Labute approximate surface area is 102 Å². The first-order valence-corrected chi connectivity index (χ1v) is 5.66. The van der Waals surface area contributed by atoms with E-state index >= 15 is 0 Å². The van der Waals surface area contributed by atoms with E-state index in [9.17, 15) is 0 Å². The monoisotopic (exact) mass is 228 g/mol. The van der Waals surface area contributed by atoms with Crippen molar-refractivity contribution in [2.24, 2.45) is 0 Å². The van der Waals surface area contributed by atoms with Crippen LogP contribution in [0, 0.1) is 0 Å². The van der Waals surface area contributed by atoms with E-state index in [1.165, 1.54) is 0 Å². The van der Waals surface area contributed by atoms with Crippen LogP contribution < -0.4 is 9.64 Å². The highest BCUT2D eigenvalue weighted by Crippen LogP contribution is 2.25. The molecule has 0 bridgehead atoms. The summed E-state index contributed by atoms with van der Waals surface area (Å²) in [6.45, 7) is 3.02. The van der Waals surface area contributed by atoms with Crippen molar-refractivity contribution in [3.05, 3.63) is 48.8 Å². The maximum atomic E-state index is 5.16. The summed E-state index contributed by atoms with van der Waals surface area (Å²) >= 11 is 0. The normalized spacial score (nSPS) is 10.0. The van der Waals surface area contributed by atoms with Crippen LogP contribution in [-0.2, 0) is 0 Å².